The Morgan fingerprint density at radius 3 is 2.56 bits per heavy atom. The average Bonchev–Trinajstić information content (AvgIpc) is 2.57. The van der Waals surface area contributed by atoms with Crippen LogP contribution >= 0.6 is 0 Å². The van der Waals surface area contributed by atoms with Crippen LogP contribution in [0.5, 0.6) is 0 Å². The lowest BCUT2D eigenvalue weighted by Crippen LogP contribution is -2.05. The molecule has 1 N–H and O–H groups in total. The topological polar surface area (TPSA) is 55.6 Å². The van der Waals surface area contributed by atoms with E-state index in [-0.39, 0.29) is 0 Å². The number of nitrogens with one attached hydrogen (secondary N) is 1. The average molecular weight is 217 g/mol. The van der Waals surface area contributed by atoms with Gasteiger partial charge in [-0.2, -0.15) is 10.1 Å². The molecule has 2 heterocycles. The van der Waals surface area contributed by atoms with E-state index in [2.05, 4.69) is 27.3 Å². The van der Waals surface area contributed by atoms with Crippen LogP contribution in [-0.2, 0) is 0 Å². The van der Waals surface area contributed by atoms with Crippen molar-refractivity contribution >= 4 is 5.95 Å². The van der Waals surface area contributed by atoms with E-state index < -0.39 is 0 Å². The lowest BCUT2D eigenvalue weighted by atomic mass is 10.2. The molecule has 0 fully saturated rings. The largest absolute Gasteiger partial charge is 0.357 e. The first-order valence-electron chi connectivity index (χ1n) is 5.17. The van der Waals surface area contributed by atoms with Crippen LogP contribution in [0.3, 0.4) is 0 Å². The fourth-order valence-electron chi connectivity index (χ4n) is 1.53. The third-order valence-corrected chi connectivity index (χ3v) is 2.73. The summed E-state index contributed by atoms with van der Waals surface area (Å²) in [7, 11) is 1.80. The van der Waals surface area contributed by atoms with Gasteiger partial charge in [0.1, 0.15) is 0 Å². The van der Waals surface area contributed by atoms with E-state index in [1.54, 1.807) is 13.2 Å². The van der Waals surface area contributed by atoms with E-state index in [1.807, 2.05) is 24.6 Å². The quantitative estimate of drug-likeness (QED) is 0.830. The molecule has 5 heteroatoms. The molecular weight excluding hydrogens is 202 g/mol. The summed E-state index contributed by atoms with van der Waals surface area (Å²) in [6.07, 6.45) is 1.72. The van der Waals surface area contributed by atoms with Crippen LogP contribution in [0.15, 0.2) is 12.3 Å². The van der Waals surface area contributed by atoms with Gasteiger partial charge in [0.15, 0.2) is 5.82 Å². The van der Waals surface area contributed by atoms with Crippen LogP contribution in [-0.4, -0.2) is 26.8 Å². The molecule has 0 saturated carbocycles. The molecule has 0 unspecified atom stereocenters. The Morgan fingerprint density at radius 1 is 1.25 bits per heavy atom. The van der Waals surface area contributed by atoms with Crippen molar-refractivity contribution in [2.24, 2.45) is 0 Å². The number of nitrogens with zero attached hydrogens (tertiary/aromatic N) is 4. The molecule has 0 amide bonds. The van der Waals surface area contributed by atoms with Crippen molar-refractivity contribution in [1.82, 2.24) is 19.7 Å². The van der Waals surface area contributed by atoms with Gasteiger partial charge in [-0.05, 0) is 26.3 Å². The highest BCUT2D eigenvalue weighted by Gasteiger charge is 2.10. The lowest BCUT2D eigenvalue weighted by Gasteiger charge is -2.04. The highest BCUT2D eigenvalue weighted by molar-refractivity contribution is 5.35. The lowest BCUT2D eigenvalue weighted by molar-refractivity contribution is 0.801. The highest BCUT2D eigenvalue weighted by atomic mass is 15.3. The molecule has 5 nitrogen and oxygen atoms in total. The van der Waals surface area contributed by atoms with Gasteiger partial charge in [-0.1, -0.05) is 0 Å². The maximum absolute atomic E-state index is 4.45. The van der Waals surface area contributed by atoms with Gasteiger partial charge in [0.05, 0.1) is 5.69 Å². The van der Waals surface area contributed by atoms with Crippen molar-refractivity contribution in [3.05, 3.63) is 29.2 Å². The van der Waals surface area contributed by atoms with Crippen molar-refractivity contribution in [2.75, 3.05) is 12.4 Å². The maximum Gasteiger partial charge on any atom is 0.224 e. The monoisotopic (exact) mass is 217 g/mol. The van der Waals surface area contributed by atoms with Crippen molar-refractivity contribution in [1.29, 1.82) is 0 Å². The Balaban J connectivity index is 2.54. The van der Waals surface area contributed by atoms with E-state index in [1.165, 1.54) is 5.56 Å². The zero-order chi connectivity index (χ0) is 11.7. The van der Waals surface area contributed by atoms with Gasteiger partial charge in [0, 0.05) is 25.0 Å². The summed E-state index contributed by atoms with van der Waals surface area (Å²) in [6, 6.07) is 1.85. The fraction of sp³-hybridized carbons (Fsp3) is 0.364. The van der Waals surface area contributed by atoms with Gasteiger partial charge in [-0.3, -0.25) is 0 Å². The molecular formula is C11H15N5. The van der Waals surface area contributed by atoms with Crippen LogP contribution < -0.4 is 5.32 Å². The van der Waals surface area contributed by atoms with Gasteiger partial charge < -0.3 is 5.32 Å². The van der Waals surface area contributed by atoms with Crippen LogP contribution in [0.25, 0.3) is 5.82 Å². The summed E-state index contributed by atoms with van der Waals surface area (Å²) >= 11 is 0. The first-order chi connectivity index (χ1) is 7.63. The van der Waals surface area contributed by atoms with Crippen LogP contribution in [0.4, 0.5) is 5.95 Å². The number of hydrogen-bond acceptors (Lipinski definition) is 4. The Morgan fingerprint density at radius 2 is 2.00 bits per heavy atom. The Kier molecular flexibility index (Phi) is 2.60. The van der Waals surface area contributed by atoms with Crippen LogP contribution in [0.1, 0.15) is 17.0 Å². The number of aromatic nitrogens is 4. The minimum Gasteiger partial charge on any atom is -0.357 e. The molecule has 2 aromatic rings. The third-order valence-electron chi connectivity index (χ3n) is 2.73. The molecule has 0 aliphatic carbocycles. The zero-order valence-electron chi connectivity index (χ0n) is 9.94. The summed E-state index contributed by atoms with van der Waals surface area (Å²) in [4.78, 5) is 8.43. The molecule has 0 aliphatic heterocycles. The van der Waals surface area contributed by atoms with Crippen LogP contribution in [0, 0.1) is 20.8 Å². The molecule has 84 valence electrons. The van der Waals surface area contributed by atoms with Crippen molar-refractivity contribution < 1.29 is 0 Å². The molecule has 0 bridgehead atoms. The maximum atomic E-state index is 4.45. The van der Waals surface area contributed by atoms with Gasteiger partial charge in [-0.15, -0.1) is 0 Å². The number of hydrogen-bond donors (Lipinski definition) is 1. The molecule has 0 radical (unpaired) electrons. The first kappa shape index (κ1) is 10.6. The molecule has 2 aromatic heterocycles. The second-order valence-corrected chi connectivity index (χ2v) is 3.70. The summed E-state index contributed by atoms with van der Waals surface area (Å²) in [6.45, 7) is 6.10. The Labute approximate surface area is 94.5 Å². The summed E-state index contributed by atoms with van der Waals surface area (Å²) in [5.74, 6) is 1.38. The first-order valence-corrected chi connectivity index (χ1v) is 5.17. The van der Waals surface area contributed by atoms with E-state index in [0.29, 0.717) is 5.95 Å². The molecule has 0 saturated heterocycles. The summed E-state index contributed by atoms with van der Waals surface area (Å²) in [5, 5.41) is 7.37. The fourth-order valence-corrected chi connectivity index (χ4v) is 1.53. The minimum atomic E-state index is 0.600. The van der Waals surface area contributed by atoms with Gasteiger partial charge in [0.25, 0.3) is 0 Å². The van der Waals surface area contributed by atoms with Gasteiger partial charge >= 0.3 is 0 Å². The predicted octanol–water partition coefficient (Wildman–Crippen LogP) is 1.63. The molecule has 16 heavy (non-hydrogen) atoms. The van der Waals surface area contributed by atoms with E-state index in [4.69, 9.17) is 0 Å². The second-order valence-electron chi connectivity index (χ2n) is 3.70. The van der Waals surface area contributed by atoms with Crippen LogP contribution in [0.2, 0.25) is 0 Å². The standard InChI is InChI=1S/C11H15N5/c1-7-8(2)15-16(9(7)3)10-5-6-13-11(12-4)14-10/h5-6H,1-4H3,(H,12,13,14). The third kappa shape index (κ3) is 1.64. The molecule has 0 aliphatic rings. The normalized spacial score (nSPS) is 10.5. The van der Waals surface area contributed by atoms with Crippen molar-refractivity contribution in [3.63, 3.8) is 0 Å². The van der Waals surface area contributed by atoms with E-state index in [9.17, 15) is 0 Å². The molecule has 0 atom stereocenters. The number of aryl methyl sites for hydroxylation is 1. The number of anilines is 1. The van der Waals surface area contributed by atoms with E-state index in [0.717, 1.165) is 17.2 Å². The predicted molar refractivity (Wildman–Crippen MR) is 62.9 cm³/mol. The SMILES string of the molecule is CNc1nccc(-n2nc(C)c(C)c2C)n1. The van der Waals surface area contributed by atoms with Crippen molar-refractivity contribution in [2.45, 2.75) is 20.8 Å². The smallest absolute Gasteiger partial charge is 0.224 e. The molecule has 0 spiro atoms. The number of rotatable bonds is 2. The molecule has 0 aromatic carbocycles. The Hall–Kier alpha value is -1.91. The molecule has 2 rings (SSSR count). The van der Waals surface area contributed by atoms with E-state index >= 15 is 0 Å². The highest BCUT2D eigenvalue weighted by Crippen LogP contribution is 2.15. The Bertz CT molecular complexity index is 515. The summed E-state index contributed by atoms with van der Waals surface area (Å²) in [5.41, 5.74) is 3.34. The summed E-state index contributed by atoms with van der Waals surface area (Å²) < 4.78 is 1.84. The van der Waals surface area contributed by atoms with Gasteiger partial charge in [-0.25, -0.2) is 9.67 Å². The van der Waals surface area contributed by atoms with Crippen molar-refractivity contribution in [3.8, 4) is 5.82 Å². The van der Waals surface area contributed by atoms with Gasteiger partial charge in [0.2, 0.25) is 5.95 Å². The zero-order valence-corrected chi connectivity index (χ0v) is 9.94. The minimum absolute atomic E-state index is 0.600. The second kappa shape index (κ2) is 3.92.